The Labute approximate surface area is 93.3 Å². The van der Waals surface area contributed by atoms with E-state index in [1.807, 2.05) is 0 Å². The standard InChI is InChI=1S/C12H14FNO2/c13-9-4-6-10(7-5-9)14-11(12(15)16)8-2-1-3-8/h4-8,11,14H,1-3H2,(H,15,16). The Hall–Kier alpha value is -1.58. The van der Waals surface area contributed by atoms with Gasteiger partial charge in [-0.25, -0.2) is 9.18 Å². The molecule has 0 aliphatic heterocycles. The molecule has 1 aliphatic rings. The summed E-state index contributed by atoms with van der Waals surface area (Å²) < 4.78 is 12.7. The Morgan fingerprint density at radius 2 is 2.00 bits per heavy atom. The van der Waals surface area contributed by atoms with Crippen LogP contribution in [0.3, 0.4) is 0 Å². The number of hydrogen-bond donors (Lipinski definition) is 2. The third-order valence-electron chi connectivity index (χ3n) is 3.05. The fourth-order valence-electron chi connectivity index (χ4n) is 1.88. The molecular weight excluding hydrogens is 209 g/mol. The SMILES string of the molecule is O=C(O)C(Nc1ccc(F)cc1)C1CCC1. The van der Waals surface area contributed by atoms with Crippen molar-refractivity contribution in [3.8, 4) is 0 Å². The van der Waals surface area contributed by atoms with E-state index >= 15 is 0 Å². The highest BCUT2D eigenvalue weighted by Crippen LogP contribution is 2.31. The van der Waals surface area contributed by atoms with Crippen molar-refractivity contribution in [3.63, 3.8) is 0 Å². The molecule has 1 aromatic carbocycles. The number of halogens is 1. The Morgan fingerprint density at radius 3 is 2.44 bits per heavy atom. The van der Waals surface area contributed by atoms with E-state index in [0.29, 0.717) is 5.69 Å². The van der Waals surface area contributed by atoms with Crippen LogP contribution in [0, 0.1) is 11.7 Å². The van der Waals surface area contributed by atoms with Gasteiger partial charge in [-0.3, -0.25) is 0 Å². The smallest absolute Gasteiger partial charge is 0.326 e. The van der Waals surface area contributed by atoms with Crippen LogP contribution in [0.1, 0.15) is 19.3 Å². The van der Waals surface area contributed by atoms with Gasteiger partial charge >= 0.3 is 5.97 Å². The summed E-state index contributed by atoms with van der Waals surface area (Å²) in [6.07, 6.45) is 3.00. The van der Waals surface area contributed by atoms with Crippen LogP contribution in [0.2, 0.25) is 0 Å². The first kappa shape index (κ1) is 10.9. The Kier molecular flexibility index (Phi) is 3.08. The van der Waals surface area contributed by atoms with Gasteiger partial charge in [0.2, 0.25) is 0 Å². The highest BCUT2D eigenvalue weighted by atomic mass is 19.1. The van der Waals surface area contributed by atoms with Gasteiger partial charge in [-0.2, -0.15) is 0 Å². The number of hydrogen-bond acceptors (Lipinski definition) is 2. The van der Waals surface area contributed by atoms with E-state index in [4.69, 9.17) is 5.11 Å². The second-order valence-corrected chi connectivity index (χ2v) is 4.16. The number of benzene rings is 1. The zero-order chi connectivity index (χ0) is 11.5. The van der Waals surface area contributed by atoms with Crippen LogP contribution in [0.5, 0.6) is 0 Å². The van der Waals surface area contributed by atoms with Gasteiger partial charge in [0.1, 0.15) is 11.9 Å². The summed E-state index contributed by atoms with van der Waals surface area (Å²) in [4.78, 5) is 11.1. The van der Waals surface area contributed by atoms with Crippen LogP contribution in [0.25, 0.3) is 0 Å². The van der Waals surface area contributed by atoms with Crippen LogP contribution in [-0.4, -0.2) is 17.1 Å². The van der Waals surface area contributed by atoms with Gasteiger partial charge in [0.05, 0.1) is 0 Å². The van der Waals surface area contributed by atoms with Crippen LogP contribution in [0.4, 0.5) is 10.1 Å². The summed E-state index contributed by atoms with van der Waals surface area (Å²) in [5, 5.41) is 12.0. The number of nitrogens with one attached hydrogen (secondary N) is 1. The van der Waals surface area contributed by atoms with Gasteiger partial charge in [-0.15, -0.1) is 0 Å². The summed E-state index contributed by atoms with van der Waals surface area (Å²) in [7, 11) is 0. The quantitative estimate of drug-likeness (QED) is 0.824. The molecular formula is C12H14FNO2. The third-order valence-corrected chi connectivity index (χ3v) is 3.05. The minimum absolute atomic E-state index is 0.197. The highest BCUT2D eigenvalue weighted by molar-refractivity contribution is 5.77. The van der Waals surface area contributed by atoms with E-state index in [9.17, 15) is 9.18 Å². The molecule has 16 heavy (non-hydrogen) atoms. The second-order valence-electron chi connectivity index (χ2n) is 4.16. The van der Waals surface area contributed by atoms with E-state index in [2.05, 4.69) is 5.32 Å². The van der Waals surface area contributed by atoms with Gasteiger partial charge in [0.15, 0.2) is 0 Å². The first-order valence-corrected chi connectivity index (χ1v) is 5.42. The summed E-state index contributed by atoms with van der Waals surface area (Å²) >= 11 is 0. The zero-order valence-electron chi connectivity index (χ0n) is 8.82. The second kappa shape index (κ2) is 4.51. The van der Waals surface area contributed by atoms with Gasteiger partial charge in [0.25, 0.3) is 0 Å². The molecule has 1 fully saturated rings. The minimum atomic E-state index is -0.839. The number of anilines is 1. The number of rotatable bonds is 4. The van der Waals surface area contributed by atoms with Crippen molar-refractivity contribution in [3.05, 3.63) is 30.1 Å². The van der Waals surface area contributed by atoms with Crippen molar-refractivity contribution in [2.24, 2.45) is 5.92 Å². The molecule has 1 unspecified atom stereocenters. The predicted octanol–water partition coefficient (Wildman–Crippen LogP) is 2.49. The number of carboxylic acid groups (broad SMARTS) is 1. The van der Waals surface area contributed by atoms with Crippen molar-refractivity contribution in [1.82, 2.24) is 0 Å². The van der Waals surface area contributed by atoms with Crippen LogP contribution >= 0.6 is 0 Å². The van der Waals surface area contributed by atoms with Gasteiger partial charge in [0, 0.05) is 5.69 Å². The van der Waals surface area contributed by atoms with Gasteiger partial charge < -0.3 is 10.4 Å². The van der Waals surface area contributed by atoms with E-state index in [1.165, 1.54) is 12.1 Å². The average molecular weight is 223 g/mol. The van der Waals surface area contributed by atoms with E-state index < -0.39 is 12.0 Å². The van der Waals surface area contributed by atoms with Crippen molar-refractivity contribution < 1.29 is 14.3 Å². The monoisotopic (exact) mass is 223 g/mol. The molecule has 0 saturated heterocycles. The lowest BCUT2D eigenvalue weighted by atomic mass is 9.79. The van der Waals surface area contributed by atoms with Gasteiger partial charge in [-0.05, 0) is 43.0 Å². The molecule has 1 aromatic rings. The number of carbonyl (C=O) groups is 1. The Bertz CT molecular complexity index is 373. The van der Waals surface area contributed by atoms with Crippen molar-refractivity contribution in [1.29, 1.82) is 0 Å². The summed E-state index contributed by atoms with van der Waals surface area (Å²) in [5.41, 5.74) is 0.653. The first-order valence-electron chi connectivity index (χ1n) is 5.42. The van der Waals surface area contributed by atoms with Crippen LogP contribution in [0.15, 0.2) is 24.3 Å². The maximum atomic E-state index is 12.7. The fourth-order valence-corrected chi connectivity index (χ4v) is 1.88. The molecule has 4 heteroatoms. The van der Waals surface area contributed by atoms with E-state index in [-0.39, 0.29) is 11.7 Å². The molecule has 0 amide bonds. The Balaban J connectivity index is 2.04. The molecule has 0 radical (unpaired) electrons. The minimum Gasteiger partial charge on any atom is -0.480 e. The topological polar surface area (TPSA) is 49.3 Å². The molecule has 0 heterocycles. The molecule has 2 rings (SSSR count). The maximum absolute atomic E-state index is 12.7. The van der Waals surface area contributed by atoms with Crippen LogP contribution < -0.4 is 5.32 Å². The van der Waals surface area contributed by atoms with Crippen molar-refractivity contribution in [2.45, 2.75) is 25.3 Å². The third kappa shape index (κ3) is 2.32. The van der Waals surface area contributed by atoms with E-state index in [1.54, 1.807) is 12.1 Å². The lowest BCUT2D eigenvalue weighted by Crippen LogP contribution is -2.40. The largest absolute Gasteiger partial charge is 0.480 e. The fraction of sp³-hybridized carbons (Fsp3) is 0.417. The molecule has 0 spiro atoms. The number of carboxylic acids is 1. The first-order chi connectivity index (χ1) is 7.66. The summed E-state index contributed by atoms with van der Waals surface area (Å²) in [6.45, 7) is 0. The lowest BCUT2D eigenvalue weighted by molar-refractivity contribution is -0.139. The van der Waals surface area contributed by atoms with Gasteiger partial charge in [-0.1, -0.05) is 6.42 Å². The molecule has 1 aliphatic carbocycles. The Morgan fingerprint density at radius 1 is 1.38 bits per heavy atom. The molecule has 0 bridgehead atoms. The number of aliphatic carboxylic acids is 1. The molecule has 1 atom stereocenters. The average Bonchev–Trinajstić information content (AvgIpc) is 2.17. The van der Waals surface area contributed by atoms with Crippen LogP contribution in [-0.2, 0) is 4.79 Å². The zero-order valence-corrected chi connectivity index (χ0v) is 8.82. The summed E-state index contributed by atoms with van der Waals surface area (Å²) in [5.74, 6) is -0.961. The maximum Gasteiger partial charge on any atom is 0.326 e. The highest BCUT2D eigenvalue weighted by Gasteiger charge is 2.32. The predicted molar refractivity (Wildman–Crippen MR) is 58.8 cm³/mol. The summed E-state index contributed by atoms with van der Waals surface area (Å²) in [6, 6.07) is 5.21. The van der Waals surface area contributed by atoms with Crippen molar-refractivity contribution >= 4 is 11.7 Å². The van der Waals surface area contributed by atoms with Crippen molar-refractivity contribution in [2.75, 3.05) is 5.32 Å². The molecule has 1 saturated carbocycles. The normalized spacial score (nSPS) is 17.6. The van der Waals surface area contributed by atoms with E-state index in [0.717, 1.165) is 19.3 Å². The molecule has 3 nitrogen and oxygen atoms in total. The lowest BCUT2D eigenvalue weighted by Gasteiger charge is -2.32. The molecule has 0 aromatic heterocycles. The molecule has 86 valence electrons. The molecule has 2 N–H and O–H groups in total.